The fraction of sp³-hybridized carbons (Fsp3) is 0.222. The molecule has 0 bridgehead atoms. The van der Waals surface area contributed by atoms with E-state index in [-0.39, 0.29) is 5.91 Å². The molecule has 0 aliphatic rings. The molecule has 1 amide bonds. The number of H-pyrrole nitrogens is 1. The molecule has 9 heteroatoms. The molecular formula is C18H19BrN6O2. The number of ether oxygens (including phenoxy) is 1. The van der Waals surface area contributed by atoms with Crippen LogP contribution in [0.4, 0.5) is 0 Å². The Hall–Kier alpha value is -2.94. The van der Waals surface area contributed by atoms with Gasteiger partial charge in [0.15, 0.2) is 0 Å². The fourth-order valence-electron chi connectivity index (χ4n) is 2.60. The molecule has 0 fully saturated rings. The van der Waals surface area contributed by atoms with E-state index in [0.29, 0.717) is 12.2 Å². The lowest BCUT2D eigenvalue weighted by atomic mass is 10.1. The molecule has 2 heterocycles. The highest BCUT2D eigenvalue weighted by molar-refractivity contribution is 9.10. The molecule has 0 saturated carbocycles. The Labute approximate surface area is 164 Å². The standard InChI is InChI=1S/C18H19BrN6O2/c1-11-17(19)12(2)25(24-11)10-14-8-13(4-5-16(14)27-3)9-21-23-18(26)15-6-7-20-22-15/h4-9H,10H2,1-3H3,(H,20,22)(H,23,26)/b21-9-. The van der Waals surface area contributed by atoms with E-state index in [1.807, 2.05) is 36.7 Å². The smallest absolute Gasteiger partial charge is 0.289 e. The molecule has 0 spiro atoms. The van der Waals surface area contributed by atoms with Gasteiger partial charge in [0, 0.05) is 11.8 Å². The second-order valence-electron chi connectivity index (χ2n) is 5.88. The van der Waals surface area contributed by atoms with Gasteiger partial charge >= 0.3 is 0 Å². The van der Waals surface area contributed by atoms with Crippen molar-refractivity contribution in [3.8, 4) is 5.75 Å². The second-order valence-corrected chi connectivity index (χ2v) is 6.68. The van der Waals surface area contributed by atoms with Crippen molar-refractivity contribution in [2.24, 2.45) is 5.10 Å². The number of methoxy groups -OCH3 is 1. The van der Waals surface area contributed by atoms with Crippen molar-refractivity contribution in [2.45, 2.75) is 20.4 Å². The molecule has 0 saturated heterocycles. The maximum absolute atomic E-state index is 11.8. The van der Waals surface area contributed by atoms with E-state index in [0.717, 1.165) is 32.7 Å². The summed E-state index contributed by atoms with van der Waals surface area (Å²) in [5.41, 5.74) is 6.57. The zero-order valence-electron chi connectivity index (χ0n) is 15.2. The topological polar surface area (TPSA) is 97.2 Å². The molecule has 1 aromatic carbocycles. The Morgan fingerprint density at radius 1 is 1.41 bits per heavy atom. The van der Waals surface area contributed by atoms with Crippen LogP contribution in [0.1, 0.15) is 33.0 Å². The highest BCUT2D eigenvalue weighted by Crippen LogP contribution is 2.24. The van der Waals surface area contributed by atoms with Gasteiger partial charge in [0.2, 0.25) is 0 Å². The normalized spacial score (nSPS) is 11.1. The third-order valence-corrected chi connectivity index (χ3v) is 5.19. The van der Waals surface area contributed by atoms with Crippen LogP contribution in [0.3, 0.4) is 0 Å². The molecule has 0 radical (unpaired) electrons. The van der Waals surface area contributed by atoms with Crippen molar-refractivity contribution in [3.63, 3.8) is 0 Å². The van der Waals surface area contributed by atoms with E-state index in [1.54, 1.807) is 19.4 Å². The Balaban J connectivity index is 1.77. The number of rotatable bonds is 6. The monoisotopic (exact) mass is 430 g/mol. The predicted octanol–water partition coefficient (Wildman–Crippen LogP) is 2.81. The molecule has 3 rings (SSSR count). The van der Waals surface area contributed by atoms with Gasteiger partial charge in [0.25, 0.3) is 5.91 Å². The second kappa shape index (κ2) is 8.17. The number of carbonyl (C=O) groups is 1. The molecule has 140 valence electrons. The number of nitrogens with zero attached hydrogens (tertiary/aromatic N) is 4. The molecule has 0 aliphatic carbocycles. The molecule has 8 nitrogen and oxygen atoms in total. The van der Waals surface area contributed by atoms with Crippen molar-refractivity contribution in [1.29, 1.82) is 0 Å². The lowest BCUT2D eigenvalue weighted by molar-refractivity contribution is 0.0950. The lowest BCUT2D eigenvalue weighted by Crippen LogP contribution is -2.18. The van der Waals surface area contributed by atoms with Gasteiger partial charge in [0.05, 0.1) is 35.7 Å². The van der Waals surface area contributed by atoms with Gasteiger partial charge in [-0.3, -0.25) is 14.6 Å². The molecule has 3 aromatic rings. The number of aromatic amines is 1. The van der Waals surface area contributed by atoms with Crippen LogP contribution in [0.25, 0.3) is 0 Å². The summed E-state index contributed by atoms with van der Waals surface area (Å²) in [5.74, 6) is 0.405. The number of aromatic nitrogens is 4. The van der Waals surface area contributed by atoms with Crippen LogP contribution in [0.5, 0.6) is 5.75 Å². The first kappa shape index (κ1) is 18.8. The molecule has 0 aliphatic heterocycles. The molecule has 0 atom stereocenters. The van der Waals surface area contributed by atoms with Crippen LogP contribution in [0.15, 0.2) is 40.0 Å². The van der Waals surface area contributed by atoms with Crippen LogP contribution >= 0.6 is 15.9 Å². The number of hydrazone groups is 1. The average Bonchev–Trinajstić information content (AvgIpc) is 3.28. The predicted molar refractivity (Wildman–Crippen MR) is 105 cm³/mol. The SMILES string of the molecule is COc1ccc(/C=N\NC(=O)c2ccn[nH]2)cc1Cn1nc(C)c(Br)c1C. The summed E-state index contributed by atoms with van der Waals surface area (Å²) in [6.07, 6.45) is 3.08. The van der Waals surface area contributed by atoms with E-state index < -0.39 is 0 Å². The number of carbonyl (C=O) groups excluding carboxylic acids is 1. The highest BCUT2D eigenvalue weighted by atomic mass is 79.9. The van der Waals surface area contributed by atoms with E-state index in [1.165, 1.54) is 6.20 Å². The number of benzene rings is 1. The molecule has 27 heavy (non-hydrogen) atoms. The van der Waals surface area contributed by atoms with Gasteiger partial charge in [-0.1, -0.05) is 0 Å². The van der Waals surface area contributed by atoms with Crippen molar-refractivity contribution in [3.05, 3.63) is 63.1 Å². The van der Waals surface area contributed by atoms with Gasteiger partial charge in [0.1, 0.15) is 11.4 Å². The van der Waals surface area contributed by atoms with E-state index >= 15 is 0 Å². The number of nitrogens with one attached hydrogen (secondary N) is 2. The van der Waals surface area contributed by atoms with E-state index in [2.05, 4.69) is 41.8 Å². The minimum atomic E-state index is -0.357. The highest BCUT2D eigenvalue weighted by Gasteiger charge is 2.12. The largest absolute Gasteiger partial charge is 0.496 e. The number of aryl methyl sites for hydroxylation is 1. The van der Waals surface area contributed by atoms with Gasteiger partial charge in [-0.25, -0.2) is 5.43 Å². The number of hydrogen-bond acceptors (Lipinski definition) is 5. The number of amides is 1. The minimum Gasteiger partial charge on any atom is -0.496 e. The minimum absolute atomic E-state index is 0.345. The Morgan fingerprint density at radius 2 is 2.22 bits per heavy atom. The third-order valence-electron chi connectivity index (χ3n) is 4.04. The first-order valence-corrected chi connectivity index (χ1v) is 8.98. The quantitative estimate of drug-likeness (QED) is 0.463. The Kier molecular flexibility index (Phi) is 5.70. The van der Waals surface area contributed by atoms with Crippen molar-refractivity contribution in [1.82, 2.24) is 25.4 Å². The van der Waals surface area contributed by atoms with E-state index in [4.69, 9.17) is 4.74 Å². The van der Waals surface area contributed by atoms with Gasteiger partial charge in [-0.15, -0.1) is 0 Å². The summed E-state index contributed by atoms with van der Waals surface area (Å²) < 4.78 is 8.38. The molecule has 0 unspecified atom stereocenters. The van der Waals surface area contributed by atoms with Crippen LogP contribution in [0, 0.1) is 13.8 Å². The van der Waals surface area contributed by atoms with Crippen LogP contribution < -0.4 is 10.2 Å². The molecule has 2 aromatic heterocycles. The summed E-state index contributed by atoms with van der Waals surface area (Å²) >= 11 is 3.54. The molecular weight excluding hydrogens is 412 g/mol. The lowest BCUT2D eigenvalue weighted by Gasteiger charge is -2.11. The molecule has 2 N–H and O–H groups in total. The van der Waals surface area contributed by atoms with Crippen LogP contribution in [0.2, 0.25) is 0 Å². The van der Waals surface area contributed by atoms with Gasteiger partial charge in [-0.2, -0.15) is 15.3 Å². The van der Waals surface area contributed by atoms with E-state index in [9.17, 15) is 4.79 Å². The van der Waals surface area contributed by atoms with Crippen molar-refractivity contribution < 1.29 is 9.53 Å². The summed E-state index contributed by atoms with van der Waals surface area (Å²) in [5, 5.41) is 14.8. The number of hydrogen-bond donors (Lipinski definition) is 2. The van der Waals surface area contributed by atoms with Crippen LogP contribution in [-0.2, 0) is 6.54 Å². The summed E-state index contributed by atoms with van der Waals surface area (Å²) in [7, 11) is 1.63. The Morgan fingerprint density at radius 3 is 2.85 bits per heavy atom. The van der Waals surface area contributed by atoms with Crippen molar-refractivity contribution >= 4 is 28.1 Å². The average molecular weight is 431 g/mol. The van der Waals surface area contributed by atoms with Crippen molar-refractivity contribution in [2.75, 3.05) is 7.11 Å². The zero-order valence-corrected chi connectivity index (χ0v) is 16.7. The Bertz CT molecular complexity index is 978. The van der Waals surface area contributed by atoms with Crippen LogP contribution in [-0.4, -0.2) is 39.2 Å². The summed E-state index contributed by atoms with van der Waals surface area (Å²) in [6.45, 7) is 4.52. The third kappa shape index (κ3) is 4.25. The maximum atomic E-state index is 11.8. The summed E-state index contributed by atoms with van der Waals surface area (Å²) in [6, 6.07) is 7.26. The number of halogens is 1. The maximum Gasteiger partial charge on any atom is 0.289 e. The van der Waals surface area contributed by atoms with Gasteiger partial charge in [-0.05, 0) is 59.6 Å². The zero-order chi connectivity index (χ0) is 19.4. The van der Waals surface area contributed by atoms with Gasteiger partial charge < -0.3 is 4.74 Å². The first-order valence-electron chi connectivity index (χ1n) is 8.18. The summed E-state index contributed by atoms with van der Waals surface area (Å²) in [4.78, 5) is 11.8. The fourth-order valence-corrected chi connectivity index (χ4v) is 2.88. The first-order chi connectivity index (χ1) is 13.0.